The van der Waals surface area contributed by atoms with E-state index in [1.165, 1.54) is 6.92 Å². The number of methoxy groups -OCH3 is 1. The third-order valence-electron chi connectivity index (χ3n) is 2.75. The Morgan fingerprint density at radius 2 is 2.15 bits per heavy atom. The fraction of sp³-hybridized carbons (Fsp3) is 0.727. The van der Waals surface area contributed by atoms with Crippen molar-refractivity contribution in [1.29, 1.82) is 0 Å². The van der Waals surface area contributed by atoms with Crippen LogP contribution in [0.2, 0.25) is 0 Å². The van der Waals surface area contributed by atoms with Crippen molar-refractivity contribution in [3.63, 3.8) is 0 Å². The van der Waals surface area contributed by atoms with Crippen molar-refractivity contribution >= 4 is 15.9 Å². The smallest absolute Gasteiger partial charge is 0.346 e. The Hall–Kier alpha value is -1.48. The first-order chi connectivity index (χ1) is 9.46. The third-order valence-corrected chi connectivity index (χ3v) is 4.26. The van der Waals surface area contributed by atoms with Gasteiger partial charge in [-0.25, -0.2) is 18.2 Å². The summed E-state index contributed by atoms with van der Waals surface area (Å²) in [7, 11) is -1.90. The molecule has 1 aromatic heterocycles. The van der Waals surface area contributed by atoms with Gasteiger partial charge < -0.3 is 9.64 Å². The van der Waals surface area contributed by atoms with E-state index in [1.54, 1.807) is 12.0 Å². The second kappa shape index (κ2) is 7.34. The average Bonchev–Trinajstić information content (AvgIpc) is 2.93. The molecule has 1 aromatic rings. The minimum absolute atomic E-state index is 0.101. The van der Waals surface area contributed by atoms with E-state index >= 15 is 0 Å². The normalized spacial score (nSPS) is 11.6. The van der Waals surface area contributed by atoms with Crippen LogP contribution in [0.25, 0.3) is 0 Å². The van der Waals surface area contributed by atoms with E-state index < -0.39 is 15.9 Å². The van der Waals surface area contributed by atoms with Crippen LogP contribution in [-0.4, -0.2) is 66.7 Å². The SMILES string of the molecule is CCN(CCCOC)C(=O)n1cnc(S(=O)(=O)CC)n1. The minimum atomic E-state index is -3.50. The van der Waals surface area contributed by atoms with Crippen molar-refractivity contribution in [3.05, 3.63) is 6.33 Å². The van der Waals surface area contributed by atoms with Crippen molar-refractivity contribution in [2.45, 2.75) is 25.4 Å². The zero-order valence-electron chi connectivity index (χ0n) is 11.9. The van der Waals surface area contributed by atoms with Crippen LogP contribution in [0.4, 0.5) is 4.79 Å². The summed E-state index contributed by atoms with van der Waals surface area (Å²) < 4.78 is 29.1. The lowest BCUT2D eigenvalue weighted by atomic mass is 10.4. The van der Waals surface area contributed by atoms with E-state index in [2.05, 4.69) is 10.1 Å². The Balaban J connectivity index is 2.81. The Bertz CT molecular complexity index is 540. The van der Waals surface area contributed by atoms with Crippen LogP contribution >= 0.6 is 0 Å². The Kier molecular flexibility index (Phi) is 6.08. The first-order valence-electron chi connectivity index (χ1n) is 6.38. The van der Waals surface area contributed by atoms with Crippen LogP contribution in [0.5, 0.6) is 0 Å². The Labute approximate surface area is 118 Å². The zero-order chi connectivity index (χ0) is 15.2. The van der Waals surface area contributed by atoms with E-state index in [-0.39, 0.29) is 10.9 Å². The van der Waals surface area contributed by atoms with Crippen LogP contribution in [0.1, 0.15) is 20.3 Å². The summed E-state index contributed by atoms with van der Waals surface area (Å²) in [5, 5.41) is 3.43. The van der Waals surface area contributed by atoms with E-state index in [9.17, 15) is 13.2 Å². The molecule has 114 valence electrons. The highest BCUT2D eigenvalue weighted by Crippen LogP contribution is 2.05. The lowest BCUT2D eigenvalue weighted by Crippen LogP contribution is -2.36. The van der Waals surface area contributed by atoms with Crippen molar-refractivity contribution in [2.75, 3.05) is 32.6 Å². The number of carbonyl (C=O) groups excluding carboxylic acids is 1. The molecule has 0 aliphatic rings. The lowest BCUT2D eigenvalue weighted by Gasteiger charge is -2.19. The summed E-state index contributed by atoms with van der Waals surface area (Å²) >= 11 is 0. The van der Waals surface area contributed by atoms with Crippen molar-refractivity contribution < 1.29 is 17.9 Å². The van der Waals surface area contributed by atoms with Gasteiger partial charge in [-0.15, -0.1) is 5.10 Å². The van der Waals surface area contributed by atoms with Gasteiger partial charge in [0.1, 0.15) is 6.33 Å². The standard InChI is InChI=1S/C11H20N4O4S/c1-4-14(7-6-8-19-3)11(16)15-9-12-10(13-15)20(17,18)5-2/h9H,4-8H2,1-3H3. The summed E-state index contributed by atoms with van der Waals surface area (Å²) in [5.41, 5.74) is 0. The van der Waals surface area contributed by atoms with Gasteiger partial charge >= 0.3 is 6.03 Å². The molecule has 0 aromatic carbocycles. The number of hydrogen-bond donors (Lipinski definition) is 0. The molecule has 0 aliphatic carbocycles. The van der Waals surface area contributed by atoms with E-state index in [1.807, 2.05) is 6.92 Å². The minimum Gasteiger partial charge on any atom is -0.385 e. The predicted molar refractivity (Wildman–Crippen MR) is 72.3 cm³/mol. The fourth-order valence-corrected chi connectivity index (χ4v) is 2.22. The van der Waals surface area contributed by atoms with Gasteiger partial charge in [0.2, 0.25) is 9.84 Å². The number of ether oxygens (including phenoxy) is 1. The van der Waals surface area contributed by atoms with Gasteiger partial charge in [0, 0.05) is 26.8 Å². The van der Waals surface area contributed by atoms with Gasteiger partial charge in [-0.3, -0.25) is 0 Å². The first-order valence-corrected chi connectivity index (χ1v) is 8.04. The van der Waals surface area contributed by atoms with Gasteiger partial charge in [-0.1, -0.05) is 6.92 Å². The van der Waals surface area contributed by atoms with E-state index in [0.717, 1.165) is 11.0 Å². The number of amides is 1. The topological polar surface area (TPSA) is 94.4 Å². The first kappa shape index (κ1) is 16.6. The maximum atomic E-state index is 12.1. The van der Waals surface area contributed by atoms with Crippen LogP contribution in [0, 0.1) is 0 Å². The van der Waals surface area contributed by atoms with Crippen LogP contribution < -0.4 is 0 Å². The second-order valence-corrected chi connectivity index (χ2v) is 6.26. The van der Waals surface area contributed by atoms with Crippen LogP contribution in [0.3, 0.4) is 0 Å². The fourth-order valence-electron chi connectivity index (χ4n) is 1.55. The molecular formula is C11H20N4O4S. The summed E-state index contributed by atoms with van der Waals surface area (Å²) in [6.07, 6.45) is 1.83. The van der Waals surface area contributed by atoms with Crippen molar-refractivity contribution in [2.24, 2.45) is 0 Å². The molecule has 0 atom stereocenters. The van der Waals surface area contributed by atoms with Gasteiger partial charge in [0.05, 0.1) is 5.75 Å². The summed E-state index contributed by atoms with van der Waals surface area (Å²) in [6.45, 7) is 4.90. The molecule has 0 unspecified atom stereocenters. The van der Waals surface area contributed by atoms with Gasteiger partial charge in [0.25, 0.3) is 5.16 Å². The monoisotopic (exact) mass is 304 g/mol. The number of aromatic nitrogens is 3. The molecule has 0 saturated carbocycles. The van der Waals surface area contributed by atoms with Crippen molar-refractivity contribution in [3.8, 4) is 0 Å². The molecule has 9 heteroatoms. The molecule has 0 aliphatic heterocycles. The maximum Gasteiger partial charge on any atom is 0.346 e. The molecule has 0 N–H and O–H groups in total. The molecule has 0 radical (unpaired) electrons. The Morgan fingerprint density at radius 3 is 2.70 bits per heavy atom. The molecule has 0 bridgehead atoms. The molecule has 1 amide bonds. The molecule has 20 heavy (non-hydrogen) atoms. The highest BCUT2D eigenvalue weighted by molar-refractivity contribution is 7.91. The number of sulfone groups is 1. The second-order valence-electron chi connectivity index (χ2n) is 4.08. The highest BCUT2D eigenvalue weighted by atomic mass is 32.2. The van der Waals surface area contributed by atoms with E-state index in [4.69, 9.17) is 4.74 Å². The van der Waals surface area contributed by atoms with Gasteiger partial charge in [0.15, 0.2) is 0 Å². The molecular weight excluding hydrogens is 284 g/mol. The zero-order valence-corrected chi connectivity index (χ0v) is 12.8. The van der Waals surface area contributed by atoms with Gasteiger partial charge in [-0.2, -0.15) is 4.68 Å². The Morgan fingerprint density at radius 1 is 1.45 bits per heavy atom. The molecule has 0 saturated heterocycles. The lowest BCUT2D eigenvalue weighted by molar-refractivity contribution is 0.169. The molecule has 0 spiro atoms. The highest BCUT2D eigenvalue weighted by Gasteiger charge is 2.21. The average molecular weight is 304 g/mol. The molecule has 8 nitrogen and oxygen atoms in total. The molecule has 1 rings (SSSR count). The predicted octanol–water partition coefficient (Wildman–Crippen LogP) is 0.398. The maximum absolute atomic E-state index is 12.1. The van der Waals surface area contributed by atoms with Crippen LogP contribution in [-0.2, 0) is 14.6 Å². The van der Waals surface area contributed by atoms with E-state index in [0.29, 0.717) is 26.1 Å². The van der Waals surface area contributed by atoms with Crippen molar-refractivity contribution in [1.82, 2.24) is 19.7 Å². The van der Waals surface area contributed by atoms with Crippen LogP contribution in [0.15, 0.2) is 11.5 Å². The summed E-state index contributed by atoms with van der Waals surface area (Å²) in [4.78, 5) is 17.4. The number of carbonyl (C=O) groups is 1. The number of rotatable bonds is 7. The largest absolute Gasteiger partial charge is 0.385 e. The number of nitrogens with zero attached hydrogens (tertiary/aromatic N) is 4. The third kappa shape index (κ3) is 4.01. The quantitative estimate of drug-likeness (QED) is 0.677. The summed E-state index contributed by atoms with van der Waals surface area (Å²) in [5.74, 6) is -0.101. The molecule has 0 fully saturated rings. The number of hydrogen-bond acceptors (Lipinski definition) is 6. The molecule has 1 heterocycles. The van der Waals surface area contributed by atoms with Gasteiger partial charge in [-0.05, 0) is 13.3 Å². The summed E-state index contributed by atoms with van der Waals surface area (Å²) in [6, 6.07) is -0.395.